The van der Waals surface area contributed by atoms with Crippen LogP contribution >= 0.6 is 11.3 Å². The Labute approximate surface area is 125 Å². The molecule has 0 bridgehead atoms. The third-order valence-corrected chi connectivity index (χ3v) is 4.23. The molecule has 0 spiro atoms. The molecule has 0 radical (unpaired) electrons. The van der Waals surface area contributed by atoms with Gasteiger partial charge in [-0.1, -0.05) is 13.3 Å². The van der Waals surface area contributed by atoms with Crippen molar-refractivity contribution < 1.29 is 9.90 Å². The number of rotatable bonds is 4. The summed E-state index contributed by atoms with van der Waals surface area (Å²) >= 11 is 1.21. The van der Waals surface area contributed by atoms with Crippen LogP contribution in [-0.2, 0) is 6.42 Å². The third-order valence-electron chi connectivity index (χ3n) is 3.13. The van der Waals surface area contributed by atoms with Gasteiger partial charge >= 0.3 is 5.97 Å². The molecule has 0 unspecified atom stereocenters. The minimum absolute atomic E-state index is 0.313. The summed E-state index contributed by atoms with van der Waals surface area (Å²) in [7, 11) is 0. The zero-order valence-electron chi connectivity index (χ0n) is 11.7. The summed E-state index contributed by atoms with van der Waals surface area (Å²) in [6.07, 6.45) is 1.75. The molecular formula is C14H14N4O2S. The average Bonchev–Trinajstić information content (AvgIpc) is 3.01. The Morgan fingerprint density at radius 1 is 1.38 bits per heavy atom. The van der Waals surface area contributed by atoms with Gasteiger partial charge in [0.15, 0.2) is 5.82 Å². The highest BCUT2D eigenvalue weighted by Gasteiger charge is 2.18. The number of carboxylic acid groups (broad SMARTS) is 1. The van der Waals surface area contributed by atoms with Crippen molar-refractivity contribution >= 4 is 27.5 Å². The minimum atomic E-state index is -0.916. The Morgan fingerprint density at radius 2 is 2.19 bits per heavy atom. The molecule has 108 valence electrons. The van der Waals surface area contributed by atoms with Gasteiger partial charge in [0.2, 0.25) is 0 Å². The number of hydrogen-bond donors (Lipinski definition) is 1. The fourth-order valence-corrected chi connectivity index (χ4v) is 3.13. The molecule has 0 saturated carbocycles. The van der Waals surface area contributed by atoms with E-state index in [0.29, 0.717) is 10.7 Å². The highest BCUT2D eigenvalue weighted by molar-refractivity contribution is 7.20. The summed E-state index contributed by atoms with van der Waals surface area (Å²) in [5.74, 6) is -0.313. The standard InChI is InChI=1S/C14H14N4O2S/c1-3-4-10-9-7-11(14(19)20)21-13(9)18(17-10)12-6-5-8(2)15-16-12/h5-7H,3-4H2,1-2H3,(H,19,20). The van der Waals surface area contributed by atoms with Gasteiger partial charge in [-0.15, -0.1) is 16.4 Å². The van der Waals surface area contributed by atoms with Crippen molar-refractivity contribution in [1.29, 1.82) is 0 Å². The van der Waals surface area contributed by atoms with Crippen molar-refractivity contribution in [3.05, 3.63) is 34.5 Å². The number of aromatic carboxylic acids is 1. The van der Waals surface area contributed by atoms with Crippen LogP contribution < -0.4 is 0 Å². The molecular weight excluding hydrogens is 288 g/mol. The Balaban J connectivity index is 2.21. The van der Waals surface area contributed by atoms with Crippen molar-refractivity contribution in [1.82, 2.24) is 20.0 Å². The predicted octanol–water partition coefficient (Wildman–Crippen LogP) is 2.84. The maximum atomic E-state index is 11.2. The Kier molecular flexibility index (Phi) is 3.42. The number of aromatic nitrogens is 4. The summed E-state index contributed by atoms with van der Waals surface area (Å²) < 4.78 is 1.68. The van der Waals surface area contributed by atoms with Crippen LogP contribution in [0.25, 0.3) is 16.0 Å². The molecule has 0 fully saturated rings. The number of carbonyl (C=O) groups is 1. The van der Waals surface area contributed by atoms with Gasteiger partial charge in [0.05, 0.1) is 11.4 Å². The van der Waals surface area contributed by atoms with E-state index in [0.717, 1.165) is 34.4 Å². The van der Waals surface area contributed by atoms with Crippen LogP contribution in [0.15, 0.2) is 18.2 Å². The van der Waals surface area contributed by atoms with Crippen LogP contribution in [0.4, 0.5) is 0 Å². The van der Waals surface area contributed by atoms with Gasteiger partial charge in [0.25, 0.3) is 0 Å². The number of thiophene rings is 1. The number of nitrogens with zero attached hydrogens (tertiary/aromatic N) is 4. The van der Waals surface area contributed by atoms with E-state index < -0.39 is 5.97 Å². The van der Waals surface area contributed by atoms with E-state index in [1.54, 1.807) is 10.7 Å². The predicted molar refractivity (Wildman–Crippen MR) is 80.2 cm³/mol. The first-order valence-electron chi connectivity index (χ1n) is 6.65. The molecule has 0 saturated heterocycles. The molecule has 3 aromatic heterocycles. The molecule has 7 heteroatoms. The second kappa shape index (κ2) is 5.25. The van der Waals surface area contributed by atoms with Crippen LogP contribution in [0, 0.1) is 6.92 Å². The topological polar surface area (TPSA) is 80.9 Å². The van der Waals surface area contributed by atoms with Crippen molar-refractivity contribution in [2.24, 2.45) is 0 Å². The average molecular weight is 302 g/mol. The van der Waals surface area contributed by atoms with E-state index in [1.165, 1.54) is 11.3 Å². The molecule has 3 heterocycles. The number of fused-ring (bicyclic) bond motifs is 1. The molecule has 0 atom stereocenters. The normalized spacial score (nSPS) is 11.1. The zero-order chi connectivity index (χ0) is 15.0. The zero-order valence-corrected chi connectivity index (χ0v) is 12.5. The Hall–Kier alpha value is -2.28. The minimum Gasteiger partial charge on any atom is -0.477 e. The maximum Gasteiger partial charge on any atom is 0.345 e. The van der Waals surface area contributed by atoms with Gasteiger partial charge in [0, 0.05) is 5.39 Å². The first kappa shape index (κ1) is 13.7. The van der Waals surface area contributed by atoms with Crippen LogP contribution in [-0.4, -0.2) is 31.1 Å². The van der Waals surface area contributed by atoms with Gasteiger partial charge < -0.3 is 5.11 Å². The first-order valence-corrected chi connectivity index (χ1v) is 7.47. The molecule has 0 aliphatic heterocycles. The smallest absolute Gasteiger partial charge is 0.345 e. The Morgan fingerprint density at radius 3 is 2.81 bits per heavy atom. The van der Waals surface area contributed by atoms with Gasteiger partial charge in [-0.3, -0.25) is 0 Å². The summed E-state index contributed by atoms with van der Waals surface area (Å²) in [5, 5.41) is 22.8. The summed E-state index contributed by atoms with van der Waals surface area (Å²) in [6.45, 7) is 3.94. The van der Waals surface area contributed by atoms with E-state index in [1.807, 2.05) is 19.1 Å². The number of hydrogen-bond acceptors (Lipinski definition) is 5. The van der Waals surface area contributed by atoms with Crippen LogP contribution in [0.2, 0.25) is 0 Å². The number of carboxylic acids is 1. The summed E-state index contributed by atoms with van der Waals surface area (Å²) in [6, 6.07) is 5.39. The van der Waals surface area contributed by atoms with Crippen LogP contribution in [0.1, 0.15) is 34.4 Å². The van der Waals surface area contributed by atoms with E-state index in [4.69, 9.17) is 0 Å². The second-order valence-corrected chi connectivity index (χ2v) is 5.81. The van der Waals surface area contributed by atoms with Gasteiger partial charge in [-0.2, -0.15) is 10.2 Å². The second-order valence-electron chi connectivity index (χ2n) is 4.78. The summed E-state index contributed by atoms with van der Waals surface area (Å²) in [4.78, 5) is 12.3. The third kappa shape index (κ3) is 2.40. The van der Waals surface area contributed by atoms with Gasteiger partial charge in [0.1, 0.15) is 9.71 Å². The molecule has 21 heavy (non-hydrogen) atoms. The molecule has 0 amide bonds. The van der Waals surface area contributed by atoms with E-state index in [9.17, 15) is 9.90 Å². The number of aryl methyl sites for hydroxylation is 2. The molecule has 3 aromatic rings. The lowest BCUT2D eigenvalue weighted by Crippen LogP contribution is -2.02. The largest absolute Gasteiger partial charge is 0.477 e. The van der Waals surface area contributed by atoms with E-state index >= 15 is 0 Å². The van der Waals surface area contributed by atoms with Crippen molar-refractivity contribution in [3.63, 3.8) is 0 Å². The van der Waals surface area contributed by atoms with Gasteiger partial charge in [-0.25, -0.2) is 9.48 Å². The van der Waals surface area contributed by atoms with Crippen LogP contribution in [0.3, 0.4) is 0 Å². The monoisotopic (exact) mass is 302 g/mol. The lowest BCUT2D eigenvalue weighted by atomic mass is 10.2. The van der Waals surface area contributed by atoms with E-state index in [-0.39, 0.29) is 0 Å². The van der Waals surface area contributed by atoms with Crippen molar-refractivity contribution in [3.8, 4) is 5.82 Å². The molecule has 0 aliphatic carbocycles. The molecule has 6 nitrogen and oxygen atoms in total. The molecule has 1 N–H and O–H groups in total. The fraction of sp³-hybridized carbons (Fsp3) is 0.286. The lowest BCUT2D eigenvalue weighted by molar-refractivity contribution is 0.0702. The van der Waals surface area contributed by atoms with Crippen LogP contribution in [0.5, 0.6) is 0 Å². The lowest BCUT2D eigenvalue weighted by Gasteiger charge is -2.00. The van der Waals surface area contributed by atoms with Crippen molar-refractivity contribution in [2.75, 3.05) is 0 Å². The maximum absolute atomic E-state index is 11.2. The first-order chi connectivity index (χ1) is 10.1. The van der Waals surface area contributed by atoms with Crippen molar-refractivity contribution in [2.45, 2.75) is 26.7 Å². The molecule has 3 rings (SSSR count). The molecule has 0 aliphatic rings. The SMILES string of the molecule is CCCc1nn(-c2ccc(C)nn2)c2sc(C(=O)O)cc12. The fourth-order valence-electron chi connectivity index (χ4n) is 2.15. The Bertz CT molecular complexity index is 804. The van der Waals surface area contributed by atoms with Gasteiger partial charge in [-0.05, 0) is 31.5 Å². The highest BCUT2D eigenvalue weighted by atomic mass is 32.1. The summed E-state index contributed by atoms with van der Waals surface area (Å²) in [5.41, 5.74) is 1.73. The van der Waals surface area contributed by atoms with E-state index in [2.05, 4.69) is 22.2 Å². The molecule has 0 aromatic carbocycles. The highest BCUT2D eigenvalue weighted by Crippen LogP contribution is 2.30. The quantitative estimate of drug-likeness (QED) is 0.801.